The second-order valence-corrected chi connectivity index (χ2v) is 5.55. The zero-order valence-electron chi connectivity index (χ0n) is 12.0. The van der Waals surface area contributed by atoms with E-state index in [-0.39, 0.29) is 23.9 Å². The lowest BCUT2D eigenvalue weighted by molar-refractivity contribution is -0.148. The number of hydrogen-bond acceptors (Lipinski definition) is 3. The van der Waals surface area contributed by atoms with Crippen LogP contribution in [0, 0.1) is 0 Å². The van der Waals surface area contributed by atoms with Gasteiger partial charge in [-0.25, -0.2) is 0 Å². The maximum absolute atomic E-state index is 12.8. The Balaban J connectivity index is 1.98. The van der Waals surface area contributed by atoms with Gasteiger partial charge in [0.05, 0.1) is 11.9 Å². The van der Waals surface area contributed by atoms with E-state index in [2.05, 4.69) is 5.10 Å². The van der Waals surface area contributed by atoms with Gasteiger partial charge in [-0.05, 0) is 25.7 Å². The van der Waals surface area contributed by atoms with Crippen molar-refractivity contribution in [1.82, 2.24) is 14.7 Å². The van der Waals surface area contributed by atoms with Crippen molar-refractivity contribution in [3.05, 3.63) is 12.4 Å². The van der Waals surface area contributed by atoms with E-state index in [1.54, 1.807) is 26.9 Å². The maximum Gasteiger partial charge on any atom is 0.250 e. The van der Waals surface area contributed by atoms with Crippen molar-refractivity contribution in [2.45, 2.75) is 44.7 Å². The molecule has 0 radical (unpaired) electrons. The van der Waals surface area contributed by atoms with Gasteiger partial charge in [0.25, 0.3) is 5.91 Å². The summed E-state index contributed by atoms with van der Waals surface area (Å²) in [6.45, 7) is 2.66. The normalized spacial score (nSPS) is 26.9. The lowest BCUT2D eigenvalue weighted by Crippen LogP contribution is -2.66. The van der Waals surface area contributed by atoms with E-state index >= 15 is 0 Å². The Morgan fingerprint density at radius 2 is 2.10 bits per heavy atom. The second-order valence-electron chi connectivity index (χ2n) is 5.55. The Hall–Kier alpha value is -1.85. The third-order valence-corrected chi connectivity index (χ3v) is 4.26. The highest BCUT2D eigenvalue weighted by atomic mass is 16.2. The molecule has 2 amide bonds. The molecule has 2 aliphatic heterocycles. The lowest BCUT2D eigenvalue weighted by Gasteiger charge is -2.46. The van der Waals surface area contributed by atoms with Crippen LogP contribution in [-0.4, -0.2) is 45.1 Å². The molecule has 1 aromatic heterocycles. The predicted octanol–water partition coefficient (Wildman–Crippen LogP) is 0.926. The average molecular weight is 276 g/mol. The van der Waals surface area contributed by atoms with Crippen molar-refractivity contribution in [3.8, 4) is 0 Å². The quantitative estimate of drug-likeness (QED) is 0.807. The van der Waals surface area contributed by atoms with Gasteiger partial charge in [-0.15, -0.1) is 0 Å². The number of carbonyl (C=O) groups excluding carboxylic acids is 2. The second kappa shape index (κ2) is 4.92. The average Bonchev–Trinajstić information content (AvgIpc) is 2.88. The van der Waals surface area contributed by atoms with Crippen LogP contribution in [-0.2, 0) is 16.6 Å². The molecular weight excluding hydrogens is 256 g/mol. The molecule has 0 spiro atoms. The fourth-order valence-corrected chi connectivity index (χ4v) is 3.27. The van der Waals surface area contributed by atoms with E-state index in [4.69, 9.17) is 0 Å². The van der Waals surface area contributed by atoms with Gasteiger partial charge in [0.15, 0.2) is 0 Å². The van der Waals surface area contributed by atoms with Gasteiger partial charge < -0.3 is 4.90 Å². The predicted molar refractivity (Wildman–Crippen MR) is 74.1 cm³/mol. The molecule has 108 valence electrons. The summed E-state index contributed by atoms with van der Waals surface area (Å²) in [7, 11) is 1.81. The van der Waals surface area contributed by atoms with Crippen LogP contribution in [0.25, 0.3) is 0 Å². The van der Waals surface area contributed by atoms with Gasteiger partial charge in [0.1, 0.15) is 12.1 Å². The SMILES string of the molecule is CCC1C(=O)N2CCCCC2C(=O)N1c1cnn(C)c1. The fourth-order valence-electron chi connectivity index (χ4n) is 3.27. The number of anilines is 1. The first-order valence-electron chi connectivity index (χ1n) is 7.25. The van der Waals surface area contributed by atoms with Gasteiger partial charge in [-0.2, -0.15) is 5.10 Å². The van der Waals surface area contributed by atoms with Gasteiger partial charge in [-0.1, -0.05) is 6.92 Å². The fraction of sp³-hybridized carbons (Fsp3) is 0.643. The van der Waals surface area contributed by atoms with Crippen molar-refractivity contribution in [3.63, 3.8) is 0 Å². The standard InChI is InChI=1S/C14H20N4O2/c1-3-11-13(19)17-7-5-4-6-12(17)14(20)18(11)10-8-15-16(2)9-10/h8-9,11-12H,3-7H2,1-2H3. The summed E-state index contributed by atoms with van der Waals surface area (Å²) in [6, 6.07) is -0.666. The topological polar surface area (TPSA) is 58.4 Å². The van der Waals surface area contributed by atoms with Crippen LogP contribution in [0.3, 0.4) is 0 Å². The van der Waals surface area contributed by atoms with E-state index in [9.17, 15) is 9.59 Å². The van der Waals surface area contributed by atoms with E-state index in [1.165, 1.54) is 0 Å². The van der Waals surface area contributed by atoms with Gasteiger partial charge in [0, 0.05) is 19.8 Å². The molecule has 0 bridgehead atoms. The smallest absolute Gasteiger partial charge is 0.250 e. The van der Waals surface area contributed by atoms with Crippen LogP contribution >= 0.6 is 0 Å². The van der Waals surface area contributed by atoms with Crippen LogP contribution in [0.15, 0.2) is 12.4 Å². The van der Waals surface area contributed by atoms with Gasteiger partial charge in [0.2, 0.25) is 5.91 Å². The molecule has 6 heteroatoms. The third-order valence-electron chi connectivity index (χ3n) is 4.26. The minimum absolute atomic E-state index is 0.0455. The number of rotatable bonds is 2. The maximum atomic E-state index is 12.8. The Bertz CT molecular complexity index is 539. The summed E-state index contributed by atoms with van der Waals surface area (Å²) in [5, 5.41) is 4.12. The lowest BCUT2D eigenvalue weighted by atomic mass is 9.94. The molecule has 3 rings (SSSR count). The number of nitrogens with zero attached hydrogens (tertiary/aromatic N) is 4. The Kier molecular flexibility index (Phi) is 3.23. The zero-order valence-corrected chi connectivity index (χ0v) is 12.0. The highest BCUT2D eigenvalue weighted by Gasteiger charge is 2.46. The van der Waals surface area contributed by atoms with E-state index < -0.39 is 0 Å². The Morgan fingerprint density at radius 3 is 2.75 bits per heavy atom. The summed E-state index contributed by atoms with van der Waals surface area (Å²) < 4.78 is 1.66. The molecule has 2 aliphatic rings. The van der Waals surface area contributed by atoms with Gasteiger partial charge in [-0.3, -0.25) is 19.2 Å². The highest BCUT2D eigenvalue weighted by Crippen LogP contribution is 2.30. The number of hydrogen-bond donors (Lipinski definition) is 0. The summed E-state index contributed by atoms with van der Waals surface area (Å²) in [5.74, 6) is 0.129. The van der Waals surface area contributed by atoms with Crippen LogP contribution in [0.4, 0.5) is 5.69 Å². The molecule has 2 atom stereocenters. The first-order valence-corrected chi connectivity index (χ1v) is 7.25. The number of carbonyl (C=O) groups is 2. The summed E-state index contributed by atoms with van der Waals surface area (Å²) >= 11 is 0. The Morgan fingerprint density at radius 1 is 1.30 bits per heavy atom. The number of piperidine rings is 1. The number of piperazine rings is 1. The molecule has 2 fully saturated rings. The molecule has 3 heterocycles. The van der Waals surface area contributed by atoms with Crippen molar-refractivity contribution in [1.29, 1.82) is 0 Å². The number of fused-ring (bicyclic) bond motifs is 1. The Labute approximate surface area is 118 Å². The third kappa shape index (κ3) is 1.90. The van der Waals surface area contributed by atoms with Crippen LogP contribution in [0.2, 0.25) is 0 Å². The van der Waals surface area contributed by atoms with Crippen molar-refractivity contribution in [2.75, 3.05) is 11.4 Å². The molecule has 0 aromatic carbocycles. The number of aryl methyl sites for hydroxylation is 1. The number of aromatic nitrogens is 2. The molecule has 20 heavy (non-hydrogen) atoms. The van der Waals surface area contributed by atoms with E-state index in [0.717, 1.165) is 24.9 Å². The molecule has 2 unspecified atom stereocenters. The summed E-state index contributed by atoms with van der Waals surface area (Å²) in [4.78, 5) is 28.9. The molecule has 0 saturated carbocycles. The van der Waals surface area contributed by atoms with E-state index in [0.29, 0.717) is 13.0 Å². The minimum Gasteiger partial charge on any atom is -0.329 e. The number of amides is 2. The highest BCUT2D eigenvalue weighted by molar-refractivity contribution is 6.08. The molecule has 0 aliphatic carbocycles. The summed E-state index contributed by atoms with van der Waals surface area (Å²) in [5.41, 5.74) is 0.725. The largest absolute Gasteiger partial charge is 0.329 e. The first kappa shape index (κ1) is 13.1. The molecular formula is C14H20N4O2. The molecule has 6 nitrogen and oxygen atoms in total. The van der Waals surface area contributed by atoms with Crippen molar-refractivity contribution < 1.29 is 9.59 Å². The monoisotopic (exact) mass is 276 g/mol. The molecule has 2 saturated heterocycles. The first-order chi connectivity index (χ1) is 9.63. The van der Waals surface area contributed by atoms with Crippen LogP contribution < -0.4 is 4.90 Å². The minimum atomic E-state index is -0.388. The van der Waals surface area contributed by atoms with Crippen molar-refractivity contribution >= 4 is 17.5 Å². The summed E-state index contributed by atoms with van der Waals surface area (Å²) in [6.07, 6.45) is 6.87. The molecule has 0 N–H and O–H groups in total. The van der Waals surface area contributed by atoms with Gasteiger partial charge >= 0.3 is 0 Å². The molecule has 1 aromatic rings. The zero-order chi connectivity index (χ0) is 14.3. The van der Waals surface area contributed by atoms with Crippen molar-refractivity contribution in [2.24, 2.45) is 7.05 Å². The van der Waals surface area contributed by atoms with Crippen LogP contribution in [0.1, 0.15) is 32.6 Å². The van der Waals surface area contributed by atoms with E-state index in [1.807, 2.05) is 14.0 Å². The van der Waals surface area contributed by atoms with Crippen LogP contribution in [0.5, 0.6) is 0 Å².